The molecule has 0 atom stereocenters. The van der Waals surface area contributed by atoms with Gasteiger partial charge in [-0.1, -0.05) is 30.3 Å². The Bertz CT molecular complexity index is 989. The van der Waals surface area contributed by atoms with Crippen LogP contribution in [-0.4, -0.2) is 26.9 Å². The molecule has 3 aromatic carbocycles. The van der Waals surface area contributed by atoms with Gasteiger partial charge >= 0.3 is 0 Å². The van der Waals surface area contributed by atoms with Crippen molar-refractivity contribution in [1.29, 1.82) is 0 Å². The van der Waals surface area contributed by atoms with Crippen LogP contribution in [0.3, 0.4) is 0 Å². The molecule has 0 aromatic heterocycles. The zero-order valence-corrected chi connectivity index (χ0v) is 14.7. The first-order valence-electron chi connectivity index (χ1n) is 7.59. The van der Waals surface area contributed by atoms with E-state index in [0.717, 1.165) is 16.9 Å². The van der Waals surface area contributed by atoms with Gasteiger partial charge in [0.05, 0.1) is 12.0 Å². The van der Waals surface area contributed by atoms with Crippen LogP contribution in [0.4, 0.5) is 0 Å². The van der Waals surface area contributed by atoms with Crippen LogP contribution in [0.15, 0.2) is 65.6 Å². The molecule has 25 heavy (non-hydrogen) atoms. The second-order valence-electron chi connectivity index (χ2n) is 5.64. The van der Waals surface area contributed by atoms with Crippen LogP contribution in [-0.2, 0) is 9.84 Å². The highest BCUT2D eigenvalue weighted by atomic mass is 32.2. The third-order valence-electron chi connectivity index (χ3n) is 3.92. The molecule has 3 rings (SSSR count). The zero-order chi connectivity index (χ0) is 18.0. The van der Waals surface area contributed by atoms with Crippen LogP contribution in [0, 0.1) is 6.07 Å². The molecule has 4 nitrogen and oxygen atoms in total. The lowest BCUT2D eigenvalue weighted by molar-refractivity contribution is 0.415. The molecular formula is C20H17O4S. The Morgan fingerprint density at radius 2 is 1.52 bits per heavy atom. The lowest BCUT2D eigenvalue weighted by Crippen LogP contribution is -1.96. The minimum Gasteiger partial charge on any atom is -0.507 e. The van der Waals surface area contributed by atoms with E-state index in [9.17, 15) is 13.5 Å². The van der Waals surface area contributed by atoms with Gasteiger partial charge in [0.1, 0.15) is 11.5 Å². The molecule has 0 aliphatic heterocycles. The first-order chi connectivity index (χ1) is 11.9. The fourth-order valence-electron chi connectivity index (χ4n) is 2.63. The van der Waals surface area contributed by atoms with Crippen molar-refractivity contribution in [2.45, 2.75) is 4.90 Å². The summed E-state index contributed by atoms with van der Waals surface area (Å²) in [7, 11) is -1.66. The number of ether oxygens (including phenoxy) is 1. The highest BCUT2D eigenvalue weighted by molar-refractivity contribution is 7.90. The van der Waals surface area contributed by atoms with E-state index in [1.54, 1.807) is 43.5 Å². The molecule has 127 valence electrons. The van der Waals surface area contributed by atoms with Crippen LogP contribution in [0.25, 0.3) is 22.3 Å². The maximum atomic E-state index is 11.6. The smallest absolute Gasteiger partial charge is 0.175 e. The third-order valence-corrected chi connectivity index (χ3v) is 5.05. The van der Waals surface area contributed by atoms with Crippen molar-refractivity contribution in [1.82, 2.24) is 0 Å². The Morgan fingerprint density at radius 1 is 0.920 bits per heavy atom. The number of methoxy groups -OCH3 is 1. The highest BCUT2D eigenvalue weighted by Gasteiger charge is 2.14. The predicted octanol–water partition coefficient (Wildman–Crippen LogP) is 3.94. The van der Waals surface area contributed by atoms with Crippen molar-refractivity contribution < 1.29 is 18.3 Å². The summed E-state index contributed by atoms with van der Waals surface area (Å²) in [6.07, 6.45) is 1.17. The number of aromatic hydroxyl groups is 1. The number of hydrogen-bond acceptors (Lipinski definition) is 4. The Balaban J connectivity index is 2.12. The summed E-state index contributed by atoms with van der Waals surface area (Å²) in [5, 5.41) is 10.4. The summed E-state index contributed by atoms with van der Waals surface area (Å²) in [6, 6.07) is 20.3. The summed E-state index contributed by atoms with van der Waals surface area (Å²) in [4.78, 5) is 0.252. The molecule has 0 amide bonds. The van der Waals surface area contributed by atoms with E-state index in [0.29, 0.717) is 11.1 Å². The van der Waals surface area contributed by atoms with Crippen molar-refractivity contribution in [3.05, 3.63) is 66.7 Å². The highest BCUT2D eigenvalue weighted by Crippen LogP contribution is 2.39. The topological polar surface area (TPSA) is 63.6 Å². The number of phenolic OH excluding ortho intramolecular Hbond substituents is 1. The van der Waals surface area contributed by atoms with Gasteiger partial charge in [0, 0.05) is 17.4 Å². The summed E-state index contributed by atoms with van der Waals surface area (Å²) in [6.45, 7) is 0. The standard InChI is InChI=1S/C20H17O4S/c1-24-16-10-6-15(7-11-16)20-18(4-3-5-19(20)21)14-8-12-17(13-9-14)25(2,22)23/h3,5-13,21H,1-2H3. The van der Waals surface area contributed by atoms with Crippen molar-refractivity contribution >= 4 is 9.84 Å². The third kappa shape index (κ3) is 3.51. The minimum absolute atomic E-state index is 0.131. The molecule has 1 radical (unpaired) electrons. The molecule has 0 saturated heterocycles. The van der Waals surface area contributed by atoms with E-state index in [1.807, 2.05) is 24.3 Å². The number of sulfone groups is 1. The second kappa shape index (κ2) is 6.61. The molecule has 0 aliphatic carbocycles. The average molecular weight is 353 g/mol. The van der Waals surface area contributed by atoms with Crippen LogP contribution in [0.2, 0.25) is 0 Å². The number of hydrogen-bond donors (Lipinski definition) is 1. The lowest BCUT2D eigenvalue weighted by atomic mass is 9.94. The molecular weight excluding hydrogens is 336 g/mol. The predicted molar refractivity (Wildman–Crippen MR) is 97.5 cm³/mol. The Kier molecular flexibility index (Phi) is 4.51. The van der Waals surface area contributed by atoms with Crippen LogP contribution >= 0.6 is 0 Å². The second-order valence-corrected chi connectivity index (χ2v) is 7.65. The SMILES string of the molecule is COc1ccc(-c2c(-c3ccc(S(C)(=O)=O)cc3)[c]ccc2O)cc1. The van der Waals surface area contributed by atoms with E-state index in [-0.39, 0.29) is 10.6 Å². The van der Waals surface area contributed by atoms with Crippen LogP contribution < -0.4 is 4.74 Å². The van der Waals surface area contributed by atoms with Gasteiger partial charge in [0.15, 0.2) is 9.84 Å². The van der Waals surface area contributed by atoms with Crippen molar-refractivity contribution in [3.8, 4) is 33.8 Å². The monoisotopic (exact) mass is 353 g/mol. The van der Waals surface area contributed by atoms with Gasteiger partial charge in [-0.2, -0.15) is 0 Å². The van der Waals surface area contributed by atoms with E-state index in [2.05, 4.69) is 6.07 Å². The van der Waals surface area contributed by atoms with Gasteiger partial charge in [0.2, 0.25) is 0 Å². The minimum atomic E-state index is -3.25. The van der Waals surface area contributed by atoms with E-state index >= 15 is 0 Å². The largest absolute Gasteiger partial charge is 0.507 e. The van der Waals surface area contributed by atoms with Crippen molar-refractivity contribution in [2.75, 3.05) is 13.4 Å². The number of rotatable bonds is 4. The van der Waals surface area contributed by atoms with Crippen LogP contribution in [0.1, 0.15) is 0 Å². The summed E-state index contributed by atoms with van der Waals surface area (Å²) in [5.41, 5.74) is 2.92. The maximum Gasteiger partial charge on any atom is 0.175 e. The molecule has 0 bridgehead atoms. The molecule has 0 heterocycles. The molecule has 0 aliphatic rings. The van der Waals surface area contributed by atoms with Gasteiger partial charge in [-0.25, -0.2) is 8.42 Å². The fourth-order valence-corrected chi connectivity index (χ4v) is 3.26. The van der Waals surface area contributed by atoms with Gasteiger partial charge in [0.25, 0.3) is 0 Å². The number of phenols is 1. The van der Waals surface area contributed by atoms with Gasteiger partial charge in [-0.3, -0.25) is 0 Å². The fraction of sp³-hybridized carbons (Fsp3) is 0.100. The Morgan fingerprint density at radius 3 is 2.08 bits per heavy atom. The molecule has 0 saturated carbocycles. The number of benzene rings is 3. The van der Waals surface area contributed by atoms with Gasteiger partial charge in [-0.15, -0.1) is 0 Å². The Labute approximate surface area is 147 Å². The molecule has 0 unspecified atom stereocenters. The first-order valence-corrected chi connectivity index (χ1v) is 9.48. The quantitative estimate of drug-likeness (QED) is 0.772. The molecule has 0 spiro atoms. The zero-order valence-electron chi connectivity index (χ0n) is 13.9. The molecule has 1 N–H and O–H groups in total. The van der Waals surface area contributed by atoms with Gasteiger partial charge < -0.3 is 9.84 Å². The van der Waals surface area contributed by atoms with E-state index < -0.39 is 9.84 Å². The summed E-state index contributed by atoms with van der Waals surface area (Å²) >= 11 is 0. The maximum absolute atomic E-state index is 11.6. The van der Waals surface area contributed by atoms with Gasteiger partial charge in [-0.05, 0) is 47.5 Å². The van der Waals surface area contributed by atoms with Crippen LogP contribution in [0.5, 0.6) is 11.5 Å². The lowest BCUT2D eigenvalue weighted by Gasteiger charge is -2.13. The summed E-state index contributed by atoms with van der Waals surface area (Å²) in [5.74, 6) is 0.855. The molecule has 3 aromatic rings. The van der Waals surface area contributed by atoms with Crippen molar-refractivity contribution in [3.63, 3.8) is 0 Å². The molecule has 5 heteroatoms. The normalized spacial score (nSPS) is 11.3. The molecule has 0 fully saturated rings. The van der Waals surface area contributed by atoms with Crippen molar-refractivity contribution in [2.24, 2.45) is 0 Å². The average Bonchev–Trinajstić information content (AvgIpc) is 2.61. The first kappa shape index (κ1) is 17.0. The summed E-state index contributed by atoms with van der Waals surface area (Å²) < 4.78 is 28.4. The Hall–Kier alpha value is -2.79. The van der Waals surface area contributed by atoms with E-state index in [4.69, 9.17) is 4.74 Å². The van der Waals surface area contributed by atoms with E-state index in [1.165, 1.54) is 6.26 Å².